The van der Waals surface area contributed by atoms with Crippen LogP contribution in [-0.4, -0.2) is 11.1 Å². The summed E-state index contributed by atoms with van der Waals surface area (Å²) in [6.45, 7) is 8.55. The van der Waals surface area contributed by atoms with Gasteiger partial charge in [0.05, 0.1) is 0 Å². The second-order valence-electron chi connectivity index (χ2n) is 5.32. The van der Waals surface area contributed by atoms with Gasteiger partial charge in [0.1, 0.15) is 0 Å². The average Bonchev–Trinajstić information content (AvgIpc) is 2.27. The van der Waals surface area contributed by atoms with Crippen molar-refractivity contribution in [1.82, 2.24) is 0 Å². The quantitative estimate of drug-likeness (QED) is 0.446. The van der Waals surface area contributed by atoms with Crippen LogP contribution in [-0.2, 0) is 4.57 Å². The monoisotopic (exact) mass is 283 g/mol. The summed E-state index contributed by atoms with van der Waals surface area (Å²) < 4.78 is 10.5. The predicted octanol–water partition coefficient (Wildman–Crippen LogP) is 5.53. The molecule has 3 heteroatoms. The molecule has 0 amide bonds. The molecule has 0 aliphatic rings. The molecule has 0 rings (SSSR count). The fraction of sp³-hybridized carbons (Fsp3) is 0.625. The molecular formula is C16H28O2P+. The lowest BCUT2D eigenvalue weighted by molar-refractivity contribution is 0.503. The summed E-state index contributed by atoms with van der Waals surface area (Å²) in [5, 5.41) is 0. The molecule has 2 nitrogen and oxygen atoms in total. The number of rotatable bonds is 9. The molecule has 0 aromatic heterocycles. The van der Waals surface area contributed by atoms with Gasteiger partial charge in [0.2, 0.25) is 0 Å². The highest BCUT2D eigenvalue weighted by Gasteiger charge is 2.06. The van der Waals surface area contributed by atoms with Crippen molar-refractivity contribution in [2.75, 3.05) is 6.16 Å². The first kappa shape index (κ1) is 18.3. The van der Waals surface area contributed by atoms with Crippen LogP contribution in [0.15, 0.2) is 34.9 Å². The van der Waals surface area contributed by atoms with Gasteiger partial charge >= 0.3 is 8.03 Å². The van der Waals surface area contributed by atoms with E-state index in [0.29, 0.717) is 12.6 Å². The first-order chi connectivity index (χ1) is 8.91. The Bertz CT molecular complexity index is 361. The Labute approximate surface area is 119 Å². The van der Waals surface area contributed by atoms with Gasteiger partial charge in [0, 0.05) is 6.42 Å². The van der Waals surface area contributed by atoms with Crippen LogP contribution in [0, 0.1) is 0 Å². The molecule has 0 aliphatic carbocycles. The lowest BCUT2D eigenvalue weighted by atomic mass is 10.1. The van der Waals surface area contributed by atoms with Crippen molar-refractivity contribution in [3.63, 3.8) is 0 Å². The highest BCUT2D eigenvalue weighted by atomic mass is 31.1. The lowest BCUT2D eigenvalue weighted by Crippen LogP contribution is -1.82. The van der Waals surface area contributed by atoms with Gasteiger partial charge < -0.3 is 0 Å². The molecule has 0 aliphatic heterocycles. The Morgan fingerprint density at radius 1 is 0.895 bits per heavy atom. The van der Waals surface area contributed by atoms with Crippen LogP contribution in [0.4, 0.5) is 0 Å². The Kier molecular flexibility index (Phi) is 10.7. The first-order valence-electron chi connectivity index (χ1n) is 7.00. The van der Waals surface area contributed by atoms with Gasteiger partial charge in [-0.2, -0.15) is 4.89 Å². The van der Waals surface area contributed by atoms with Crippen molar-refractivity contribution < 1.29 is 9.46 Å². The maximum absolute atomic E-state index is 10.5. The van der Waals surface area contributed by atoms with Crippen LogP contribution in [0.25, 0.3) is 0 Å². The molecule has 0 saturated heterocycles. The molecule has 0 heterocycles. The first-order valence-corrected chi connectivity index (χ1v) is 8.39. The molecule has 0 saturated carbocycles. The van der Waals surface area contributed by atoms with Gasteiger partial charge in [0.25, 0.3) is 0 Å². The summed E-state index contributed by atoms with van der Waals surface area (Å²) in [6, 6.07) is 0. The normalized spacial score (nSPS) is 13.4. The van der Waals surface area contributed by atoms with E-state index < -0.39 is 8.03 Å². The zero-order chi connectivity index (χ0) is 14.7. The van der Waals surface area contributed by atoms with Crippen molar-refractivity contribution in [3.05, 3.63) is 34.9 Å². The zero-order valence-corrected chi connectivity index (χ0v) is 13.7. The third-order valence-corrected chi connectivity index (χ3v) is 3.58. The van der Waals surface area contributed by atoms with Crippen molar-refractivity contribution in [1.29, 1.82) is 0 Å². The molecule has 0 radical (unpaired) electrons. The van der Waals surface area contributed by atoms with Crippen molar-refractivity contribution >= 4 is 8.03 Å². The maximum atomic E-state index is 10.5. The SMILES string of the molecule is CC(C)=CCCC(C)=CCCC(C)=CCC[P+](=O)O. The molecule has 0 fully saturated rings. The summed E-state index contributed by atoms with van der Waals surface area (Å²) in [6.07, 6.45) is 12.1. The fourth-order valence-electron chi connectivity index (χ4n) is 1.76. The van der Waals surface area contributed by atoms with Gasteiger partial charge in [-0.1, -0.05) is 34.9 Å². The topological polar surface area (TPSA) is 37.3 Å². The summed E-state index contributed by atoms with van der Waals surface area (Å²) in [5.41, 5.74) is 4.14. The summed E-state index contributed by atoms with van der Waals surface area (Å²) in [4.78, 5) is 8.70. The molecule has 0 aromatic carbocycles. The second kappa shape index (κ2) is 11.1. The highest BCUT2D eigenvalue weighted by Crippen LogP contribution is 2.16. The second-order valence-corrected chi connectivity index (χ2v) is 6.48. The average molecular weight is 283 g/mol. The van der Waals surface area contributed by atoms with E-state index in [0.717, 1.165) is 25.7 Å². The van der Waals surface area contributed by atoms with Crippen LogP contribution >= 0.6 is 8.03 Å². The van der Waals surface area contributed by atoms with Crippen LogP contribution in [0.1, 0.15) is 59.8 Å². The van der Waals surface area contributed by atoms with Crippen LogP contribution in [0.5, 0.6) is 0 Å². The zero-order valence-electron chi connectivity index (χ0n) is 12.8. The van der Waals surface area contributed by atoms with E-state index in [2.05, 4.69) is 45.9 Å². The third-order valence-electron chi connectivity index (χ3n) is 2.94. The lowest BCUT2D eigenvalue weighted by Gasteiger charge is -2.01. The van der Waals surface area contributed by atoms with Gasteiger partial charge in [-0.3, -0.25) is 0 Å². The molecular weight excluding hydrogens is 255 g/mol. The van der Waals surface area contributed by atoms with E-state index in [4.69, 9.17) is 4.89 Å². The van der Waals surface area contributed by atoms with Crippen LogP contribution in [0.3, 0.4) is 0 Å². The van der Waals surface area contributed by atoms with E-state index >= 15 is 0 Å². The smallest absolute Gasteiger partial charge is 0.161 e. The molecule has 1 unspecified atom stereocenters. The molecule has 0 aromatic rings. The van der Waals surface area contributed by atoms with E-state index in [1.807, 2.05) is 0 Å². The largest absolute Gasteiger partial charge is 0.505 e. The highest BCUT2D eigenvalue weighted by molar-refractivity contribution is 7.37. The molecule has 108 valence electrons. The summed E-state index contributed by atoms with van der Waals surface area (Å²) in [5.74, 6) is 0. The van der Waals surface area contributed by atoms with Gasteiger partial charge in [-0.05, 0) is 57.9 Å². The van der Waals surface area contributed by atoms with Gasteiger partial charge in [0.15, 0.2) is 6.16 Å². The van der Waals surface area contributed by atoms with Crippen molar-refractivity contribution in [2.45, 2.75) is 59.8 Å². The number of hydrogen-bond donors (Lipinski definition) is 1. The standard InChI is InChI=1S/C16H27O2P/c1-14(2)8-5-9-15(3)10-6-11-16(4)12-7-13-19(17)18/h8,10,12H,5-7,9,11,13H2,1-4H3/p+1. The Hall–Kier alpha value is -0.720. The third kappa shape index (κ3) is 13.5. The molecule has 0 spiro atoms. The number of allylic oxidation sites excluding steroid dienone is 6. The fourth-order valence-corrected chi connectivity index (χ4v) is 2.11. The minimum absolute atomic E-state index is 0.379. The molecule has 0 bridgehead atoms. The molecule has 1 atom stereocenters. The van der Waals surface area contributed by atoms with E-state index in [1.54, 1.807) is 0 Å². The number of hydrogen-bond acceptors (Lipinski definition) is 1. The minimum Gasteiger partial charge on any atom is -0.161 e. The Morgan fingerprint density at radius 3 is 1.84 bits per heavy atom. The van der Waals surface area contributed by atoms with Gasteiger partial charge in [-0.25, -0.2) is 0 Å². The van der Waals surface area contributed by atoms with E-state index in [-0.39, 0.29) is 0 Å². The predicted molar refractivity (Wildman–Crippen MR) is 84.7 cm³/mol. The Balaban J connectivity index is 3.86. The Morgan fingerprint density at radius 2 is 1.37 bits per heavy atom. The molecule has 1 N–H and O–H groups in total. The van der Waals surface area contributed by atoms with Crippen LogP contribution in [0.2, 0.25) is 0 Å². The van der Waals surface area contributed by atoms with Gasteiger partial charge in [-0.15, -0.1) is 0 Å². The van der Waals surface area contributed by atoms with Crippen molar-refractivity contribution in [3.8, 4) is 0 Å². The maximum Gasteiger partial charge on any atom is 0.505 e. The summed E-state index contributed by atoms with van der Waals surface area (Å²) >= 11 is 0. The summed E-state index contributed by atoms with van der Waals surface area (Å²) in [7, 11) is -1.98. The van der Waals surface area contributed by atoms with Crippen LogP contribution < -0.4 is 0 Å². The molecule has 19 heavy (non-hydrogen) atoms. The van der Waals surface area contributed by atoms with E-state index in [9.17, 15) is 4.57 Å². The minimum atomic E-state index is -1.98. The van der Waals surface area contributed by atoms with Crippen molar-refractivity contribution in [2.24, 2.45) is 0 Å². The van der Waals surface area contributed by atoms with E-state index in [1.165, 1.54) is 16.7 Å².